The second-order valence-electron chi connectivity index (χ2n) is 11.1. The number of aliphatic hydroxyl groups excluding tert-OH is 1. The highest BCUT2D eigenvalue weighted by Crippen LogP contribution is 2.70. The maximum absolute atomic E-state index is 12.4. The lowest BCUT2D eigenvalue weighted by atomic mass is 9.44. The van der Waals surface area contributed by atoms with E-state index in [9.17, 15) is 10.2 Å². The summed E-state index contributed by atoms with van der Waals surface area (Å²) in [6.45, 7) is 2.61. The van der Waals surface area contributed by atoms with Crippen LogP contribution < -0.4 is 0 Å². The first-order valence-corrected chi connectivity index (χ1v) is 12.5. The molecule has 32 heavy (non-hydrogen) atoms. The van der Waals surface area contributed by atoms with Gasteiger partial charge in [-0.05, 0) is 68.5 Å². The highest BCUT2D eigenvalue weighted by atomic mass is 16.5. The quantitative estimate of drug-likeness (QED) is 0.743. The Morgan fingerprint density at radius 2 is 1.97 bits per heavy atom. The number of rotatable bonds is 5. The van der Waals surface area contributed by atoms with Crippen molar-refractivity contribution in [2.24, 2.45) is 23.2 Å². The van der Waals surface area contributed by atoms with Crippen LogP contribution in [0.25, 0.3) is 0 Å². The van der Waals surface area contributed by atoms with Crippen molar-refractivity contribution in [2.45, 2.75) is 69.0 Å². The Bertz CT molecular complexity index is 971. The molecule has 2 saturated heterocycles. The molecule has 3 saturated carbocycles. The van der Waals surface area contributed by atoms with Crippen molar-refractivity contribution in [1.29, 1.82) is 0 Å². The molecule has 5 heteroatoms. The third kappa shape index (κ3) is 2.56. The van der Waals surface area contributed by atoms with Gasteiger partial charge in [0, 0.05) is 18.5 Å². The molecular weight excluding hydrogens is 402 g/mol. The van der Waals surface area contributed by atoms with E-state index in [0.29, 0.717) is 25.4 Å². The minimum absolute atomic E-state index is 0.0996. The molecule has 5 unspecified atom stereocenters. The molecule has 2 aliphatic heterocycles. The minimum Gasteiger partial charge on any atom is -0.487 e. The fourth-order valence-electron chi connectivity index (χ4n) is 7.91. The van der Waals surface area contributed by atoms with E-state index in [0.717, 1.165) is 48.9 Å². The molecule has 0 aromatic heterocycles. The van der Waals surface area contributed by atoms with Crippen molar-refractivity contribution in [1.82, 2.24) is 4.90 Å². The average Bonchev–Trinajstić information content (AvgIpc) is 3.55. The van der Waals surface area contributed by atoms with Crippen LogP contribution in [-0.4, -0.2) is 52.1 Å². The molecule has 0 radical (unpaired) electrons. The zero-order valence-electron chi connectivity index (χ0n) is 18.5. The smallest absolute Gasteiger partial charge is 0.157 e. The SMILES string of the molecule is O[C@@H]1CC[C@@]2(O)C3CC4C=CC(OCc5ccccc5)=C5OC1C2(CCN3CC1CC1)C54. The lowest BCUT2D eigenvalue weighted by molar-refractivity contribution is -0.267. The number of likely N-dealkylation sites (tertiary alicyclic amines) is 1. The zero-order chi connectivity index (χ0) is 21.5. The first kappa shape index (κ1) is 19.6. The summed E-state index contributed by atoms with van der Waals surface area (Å²) in [5.74, 6) is 2.91. The van der Waals surface area contributed by atoms with Crippen molar-refractivity contribution >= 4 is 0 Å². The fraction of sp³-hybridized carbons (Fsp3) is 0.630. The Morgan fingerprint density at radius 3 is 2.78 bits per heavy atom. The van der Waals surface area contributed by atoms with E-state index in [1.807, 2.05) is 18.2 Å². The maximum Gasteiger partial charge on any atom is 0.157 e. The van der Waals surface area contributed by atoms with Crippen LogP contribution in [-0.2, 0) is 16.1 Å². The van der Waals surface area contributed by atoms with E-state index in [-0.39, 0.29) is 18.1 Å². The molecule has 5 nitrogen and oxygen atoms in total. The monoisotopic (exact) mass is 435 g/mol. The predicted molar refractivity (Wildman–Crippen MR) is 119 cm³/mol. The molecule has 4 aliphatic carbocycles. The molecule has 170 valence electrons. The number of hydrogen-bond donors (Lipinski definition) is 2. The van der Waals surface area contributed by atoms with E-state index >= 15 is 0 Å². The summed E-state index contributed by atoms with van der Waals surface area (Å²) in [4.78, 5) is 2.59. The summed E-state index contributed by atoms with van der Waals surface area (Å²) in [6.07, 6.45) is 9.31. The predicted octanol–water partition coefficient (Wildman–Crippen LogP) is 3.38. The topological polar surface area (TPSA) is 62.2 Å². The van der Waals surface area contributed by atoms with Gasteiger partial charge in [-0.3, -0.25) is 4.90 Å². The molecule has 7 atom stereocenters. The average molecular weight is 436 g/mol. The van der Waals surface area contributed by atoms with Crippen molar-refractivity contribution < 1.29 is 19.7 Å². The summed E-state index contributed by atoms with van der Waals surface area (Å²) in [5, 5.41) is 23.5. The van der Waals surface area contributed by atoms with Gasteiger partial charge < -0.3 is 19.7 Å². The van der Waals surface area contributed by atoms with Crippen LogP contribution in [0.15, 0.2) is 54.0 Å². The van der Waals surface area contributed by atoms with Crippen LogP contribution in [0, 0.1) is 23.2 Å². The molecule has 2 heterocycles. The summed E-state index contributed by atoms with van der Waals surface area (Å²) < 4.78 is 12.9. The molecule has 5 fully saturated rings. The first-order chi connectivity index (χ1) is 15.6. The Balaban J connectivity index is 1.27. The highest BCUT2D eigenvalue weighted by molar-refractivity contribution is 5.39. The Kier molecular flexibility index (Phi) is 4.20. The molecular formula is C27H33NO4. The summed E-state index contributed by atoms with van der Waals surface area (Å²) >= 11 is 0. The van der Waals surface area contributed by atoms with Gasteiger partial charge in [0.1, 0.15) is 18.5 Å². The van der Waals surface area contributed by atoms with Crippen LogP contribution >= 0.6 is 0 Å². The number of nitrogens with zero attached hydrogens (tertiary/aromatic N) is 1. The number of hydrogen-bond acceptors (Lipinski definition) is 5. The van der Waals surface area contributed by atoms with Gasteiger partial charge in [-0.2, -0.15) is 0 Å². The van der Waals surface area contributed by atoms with Gasteiger partial charge in [-0.1, -0.05) is 36.4 Å². The molecule has 1 spiro atoms. The van der Waals surface area contributed by atoms with Crippen LogP contribution in [0.4, 0.5) is 0 Å². The Hall–Kier alpha value is -1.82. The van der Waals surface area contributed by atoms with Gasteiger partial charge >= 0.3 is 0 Å². The standard InChI is InChI=1S/C27H33NO4/c29-20-10-11-27(30)22-14-19-8-9-21(31-16-18-4-2-1-3-5-18)24-23(19)26(27,25(20)32-24)12-13-28(22)15-17-6-7-17/h1-5,8-9,17,19-20,22-23,25,29-30H,6-7,10-16H2/t19?,20-,22?,23?,25?,26?,27-/m1/s1. The Labute approximate surface area is 189 Å². The van der Waals surface area contributed by atoms with Gasteiger partial charge in [0.25, 0.3) is 0 Å². The molecule has 6 aliphatic rings. The minimum atomic E-state index is -0.803. The van der Waals surface area contributed by atoms with Crippen LogP contribution in [0.1, 0.15) is 44.1 Å². The lowest BCUT2D eigenvalue weighted by Crippen LogP contribution is -2.77. The largest absolute Gasteiger partial charge is 0.487 e. The molecule has 2 bridgehead atoms. The van der Waals surface area contributed by atoms with Crippen molar-refractivity contribution in [2.75, 3.05) is 13.1 Å². The van der Waals surface area contributed by atoms with E-state index in [4.69, 9.17) is 9.47 Å². The number of piperidine rings is 1. The zero-order valence-corrected chi connectivity index (χ0v) is 18.5. The first-order valence-electron chi connectivity index (χ1n) is 12.5. The molecule has 0 amide bonds. The fourth-order valence-corrected chi connectivity index (χ4v) is 7.91. The van der Waals surface area contributed by atoms with Crippen LogP contribution in [0.5, 0.6) is 0 Å². The number of benzene rings is 1. The summed E-state index contributed by atoms with van der Waals surface area (Å²) in [7, 11) is 0. The van der Waals surface area contributed by atoms with Crippen LogP contribution in [0.2, 0.25) is 0 Å². The third-order valence-electron chi connectivity index (χ3n) is 9.47. The Morgan fingerprint density at radius 1 is 1.12 bits per heavy atom. The second kappa shape index (κ2) is 6.85. The number of allylic oxidation sites excluding steroid dienone is 3. The van der Waals surface area contributed by atoms with Crippen molar-refractivity contribution in [3.63, 3.8) is 0 Å². The third-order valence-corrected chi connectivity index (χ3v) is 9.47. The van der Waals surface area contributed by atoms with E-state index in [1.54, 1.807) is 0 Å². The van der Waals surface area contributed by atoms with Crippen molar-refractivity contribution in [3.05, 3.63) is 59.6 Å². The second-order valence-corrected chi connectivity index (χ2v) is 11.1. The van der Waals surface area contributed by atoms with Gasteiger partial charge in [0.2, 0.25) is 0 Å². The lowest BCUT2D eigenvalue weighted by Gasteiger charge is -2.66. The van der Waals surface area contributed by atoms with Gasteiger partial charge in [-0.25, -0.2) is 0 Å². The van der Waals surface area contributed by atoms with Crippen molar-refractivity contribution in [3.8, 4) is 0 Å². The molecule has 7 rings (SSSR count). The number of aliphatic hydroxyl groups is 2. The summed E-state index contributed by atoms with van der Waals surface area (Å²) in [6, 6.07) is 10.4. The highest BCUT2D eigenvalue weighted by Gasteiger charge is 2.76. The molecule has 1 aromatic carbocycles. The molecule has 2 N–H and O–H groups in total. The van der Waals surface area contributed by atoms with Gasteiger partial charge in [0.15, 0.2) is 5.76 Å². The maximum atomic E-state index is 12.4. The number of ether oxygens (including phenoxy) is 2. The molecule has 1 aromatic rings. The van der Waals surface area contributed by atoms with Crippen LogP contribution in [0.3, 0.4) is 0 Å². The van der Waals surface area contributed by atoms with E-state index in [2.05, 4.69) is 29.2 Å². The van der Waals surface area contributed by atoms with Gasteiger partial charge in [-0.15, -0.1) is 0 Å². The summed E-state index contributed by atoms with van der Waals surface area (Å²) in [5.41, 5.74) is -0.0964. The van der Waals surface area contributed by atoms with E-state index < -0.39 is 17.1 Å². The van der Waals surface area contributed by atoms with E-state index in [1.165, 1.54) is 12.8 Å². The van der Waals surface area contributed by atoms with Gasteiger partial charge in [0.05, 0.1) is 17.1 Å². The normalized spacial score (nSPS) is 44.2.